The molecule has 0 aliphatic rings. The van der Waals surface area contributed by atoms with Gasteiger partial charge < -0.3 is 0 Å². The van der Waals surface area contributed by atoms with E-state index in [1.54, 1.807) is 6.92 Å². The zero-order valence-corrected chi connectivity index (χ0v) is 6.22. The Morgan fingerprint density at radius 2 is 1.70 bits per heavy atom. The number of rotatable bonds is 1. The molecular formula is C9H10O. The van der Waals surface area contributed by atoms with Gasteiger partial charge in [-0.25, -0.2) is 0 Å². The minimum absolute atomic E-state index is 0.125. The summed E-state index contributed by atoms with van der Waals surface area (Å²) in [5, 5.41) is 0. The van der Waals surface area contributed by atoms with Gasteiger partial charge in [0.05, 0.1) is 0 Å². The van der Waals surface area contributed by atoms with Crippen LogP contribution in [0.25, 0.3) is 0 Å². The lowest BCUT2D eigenvalue weighted by atomic mass is 10.0. The Labute approximate surface area is 60.7 Å². The topological polar surface area (TPSA) is 17.1 Å². The monoisotopic (exact) mass is 133 g/mol. The summed E-state index contributed by atoms with van der Waals surface area (Å²) in [6.07, 6.45) is 0. The zero-order valence-electron chi connectivity index (χ0n) is 6.22. The number of benzene rings is 1. The Hall–Kier alpha value is -1.11. The number of aryl methyl sites for hydroxylation is 1. The molecule has 10 heavy (non-hydrogen) atoms. The molecule has 0 radical (unpaired) electrons. The van der Waals surface area contributed by atoms with Gasteiger partial charge in [-0.3, -0.25) is 4.79 Å². The summed E-state index contributed by atoms with van der Waals surface area (Å²) in [5.74, 6) is 0.125. The van der Waals surface area contributed by atoms with E-state index in [1.807, 2.05) is 31.2 Å². The van der Waals surface area contributed by atoms with Crippen molar-refractivity contribution in [2.45, 2.75) is 13.8 Å². The Morgan fingerprint density at radius 1 is 1.20 bits per heavy atom. The second-order valence-electron chi connectivity index (χ2n) is 2.42. The van der Waals surface area contributed by atoms with Crippen LogP contribution in [0.2, 0.25) is 0 Å². The van der Waals surface area contributed by atoms with Crippen LogP contribution in [-0.2, 0) is 0 Å². The molecule has 0 bridgehead atoms. The summed E-state index contributed by atoms with van der Waals surface area (Å²) in [4.78, 5) is 10.8. The Bertz CT molecular complexity index is 233. The lowest BCUT2D eigenvalue weighted by molar-refractivity contribution is 0.101. The number of carbonyl (C=O) groups is 1. The summed E-state index contributed by atoms with van der Waals surface area (Å²) in [5.41, 5.74) is 1.97. The second kappa shape index (κ2) is 2.65. The molecule has 1 rings (SSSR count). The largest absolute Gasteiger partial charge is 0.295 e. The van der Waals surface area contributed by atoms with E-state index < -0.39 is 0 Å². The summed E-state index contributed by atoms with van der Waals surface area (Å²) in [6, 6.07) is 7.57. The van der Waals surface area contributed by atoms with Crippen LogP contribution < -0.4 is 0 Å². The first kappa shape index (κ1) is 7.00. The number of hydrogen-bond donors (Lipinski definition) is 0. The summed E-state index contributed by atoms with van der Waals surface area (Å²) in [6.45, 7) is 3.58. The van der Waals surface area contributed by atoms with Gasteiger partial charge in [0.2, 0.25) is 0 Å². The van der Waals surface area contributed by atoms with Crippen LogP contribution in [0.15, 0.2) is 24.3 Å². The van der Waals surface area contributed by atoms with E-state index in [-0.39, 0.29) is 5.78 Å². The Kier molecular flexibility index (Phi) is 1.86. The summed E-state index contributed by atoms with van der Waals surface area (Å²) in [7, 11) is 0. The minimum atomic E-state index is 0.125. The molecule has 0 aliphatic heterocycles. The maximum Gasteiger partial charge on any atom is 0.159 e. The SMILES string of the molecule is CC(=O)c1ccc([11CH3])cc1. The van der Waals surface area contributed by atoms with Gasteiger partial charge in [0.15, 0.2) is 5.78 Å². The molecule has 1 aromatic carbocycles. The molecule has 0 unspecified atom stereocenters. The third-order valence-electron chi connectivity index (χ3n) is 1.46. The third-order valence-corrected chi connectivity index (χ3v) is 1.46. The van der Waals surface area contributed by atoms with E-state index in [9.17, 15) is 4.79 Å². The zero-order chi connectivity index (χ0) is 7.56. The molecule has 1 nitrogen and oxygen atoms in total. The van der Waals surface area contributed by atoms with Gasteiger partial charge in [-0.2, -0.15) is 0 Å². The highest BCUT2D eigenvalue weighted by Crippen LogP contribution is 2.02. The Balaban J connectivity index is 3.00. The van der Waals surface area contributed by atoms with Crippen molar-refractivity contribution in [3.63, 3.8) is 0 Å². The lowest BCUT2D eigenvalue weighted by Gasteiger charge is -1.93. The molecule has 1 heteroatoms. The van der Waals surface area contributed by atoms with Crippen molar-refractivity contribution < 1.29 is 4.79 Å². The number of carbonyl (C=O) groups excluding carboxylic acids is 1. The van der Waals surface area contributed by atoms with Gasteiger partial charge in [0, 0.05) is 5.56 Å². The molecule has 0 aliphatic carbocycles. The van der Waals surface area contributed by atoms with Crippen molar-refractivity contribution in [3.05, 3.63) is 35.4 Å². The molecule has 52 valence electrons. The number of hydrogen-bond acceptors (Lipinski definition) is 1. The Morgan fingerprint density at radius 3 is 2.10 bits per heavy atom. The van der Waals surface area contributed by atoms with E-state index in [1.165, 1.54) is 5.56 Å². The summed E-state index contributed by atoms with van der Waals surface area (Å²) >= 11 is 0. The summed E-state index contributed by atoms with van der Waals surface area (Å²) < 4.78 is 0. The van der Waals surface area contributed by atoms with Crippen LogP contribution in [0.4, 0.5) is 0 Å². The molecule has 0 atom stereocenters. The molecular weight excluding hydrogens is 123 g/mol. The highest BCUT2D eigenvalue weighted by atomic mass is 16.1. The van der Waals surface area contributed by atoms with Crippen molar-refractivity contribution in [1.82, 2.24) is 0 Å². The lowest BCUT2D eigenvalue weighted by Crippen LogP contribution is -1.90. The van der Waals surface area contributed by atoms with Gasteiger partial charge >= 0.3 is 0 Å². The van der Waals surface area contributed by atoms with Gasteiger partial charge in [0.1, 0.15) is 0 Å². The van der Waals surface area contributed by atoms with Crippen LogP contribution >= 0.6 is 0 Å². The van der Waals surface area contributed by atoms with Crippen molar-refractivity contribution in [1.29, 1.82) is 0 Å². The first-order valence-corrected chi connectivity index (χ1v) is 3.28. The number of ketones is 1. The van der Waals surface area contributed by atoms with Crippen LogP contribution in [0.3, 0.4) is 0 Å². The maximum atomic E-state index is 10.8. The normalized spacial score (nSPS) is 9.40. The predicted octanol–water partition coefficient (Wildman–Crippen LogP) is 2.20. The van der Waals surface area contributed by atoms with E-state index in [2.05, 4.69) is 0 Å². The third kappa shape index (κ3) is 1.44. The predicted molar refractivity (Wildman–Crippen MR) is 41.2 cm³/mol. The maximum absolute atomic E-state index is 10.8. The molecule has 0 N–H and O–H groups in total. The van der Waals surface area contributed by atoms with Gasteiger partial charge in [-0.15, -0.1) is 0 Å². The van der Waals surface area contributed by atoms with Crippen molar-refractivity contribution in [3.8, 4) is 0 Å². The average molecular weight is 133 g/mol. The molecule has 0 fully saturated rings. The van der Waals surface area contributed by atoms with Crippen molar-refractivity contribution in [2.24, 2.45) is 0 Å². The van der Waals surface area contributed by atoms with Crippen LogP contribution in [0.5, 0.6) is 0 Å². The number of Topliss-reactive ketones (excluding diaryl/α,β-unsaturated/α-hetero) is 1. The minimum Gasteiger partial charge on any atom is -0.295 e. The molecule has 0 saturated carbocycles. The standard InChI is InChI=1S/C9H10O/c1-7-3-5-9(6-4-7)8(2)10/h3-6H,1-2H3/i1-1. The fraction of sp³-hybridized carbons (Fsp3) is 0.222. The first-order chi connectivity index (χ1) is 4.70. The molecule has 1 aromatic rings. The average Bonchev–Trinajstić information content (AvgIpc) is 1.88. The van der Waals surface area contributed by atoms with Gasteiger partial charge in [-0.1, -0.05) is 29.8 Å². The molecule has 0 aromatic heterocycles. The van der Waals surface area contributed by atoms with E-state index >= 15 is 0 Å². The van der Waals surface area contributed by atoms with E-state index in [0.29, 0.717) is 0 Å². The quantitative estimate of drug-likeness (QED) is 0.537. The van der Waals surface area contributed by atoms with E-state index in [0.717, 1.165) is 5.56 Å². The van der Waals surface area contributed by atoms with Crippen LogP contribution in [-0.4, -0.2) is 5.78 Å². The highest BCUT2D eigenvalue weighted by molar-refractivity contribution is 5.93. The fourth-order valence-corrected chi connectivity index (χ4v) is 0.788. The molecule has 0 amide bonds. The van der Waals surface area contributed by atoms with Crippen LogP contribution in [0.1, 0.15) is 22.8 Å². The van der Waals surface area contributed by atoms with E-state index in [4.69, 9.17) is 0 Å². The van der Waals surface area contributed by atoms with Gasteiger partial charge in [0.25, 0.3) is 0 Å². The first-order valence-electron chi connectivity index (χ1n) is 3.28. The van der Waals surface area contributed by atoms with Crippen LogP contribution in [0, 0.1) is 6.92 Å². The fourth-order valence-electron chi connectivity index (χ4n) is 0.788. The van der Waals surface area contributed by atoms with Crippen molar-refractivity contribution in [2.75, 3.05) is 0 Å². The second-order valence-corrected chi connectivity index (χ2v) is 2.42. The van der Waals surface area contributed by atoms with Gasteiger partial charge in [-0.05, 0) is 13.8 Å². The smallest absolute Gasteiger partial charge is 0.159 e. The highest BCUT2D eigenvalue weighted by Gasteiger charge is 1.95. The molecule has 0 heterocycles. The molecule has 0 saturated heterocycles. The molecule has 0 spiro atoms. The van der Waals surface area contributed by atoms with Crippen molar-refractivity contribution >= 4 is 5.78 Å².